The number of halogens is 2. The normalized spacial score (nSPS) is 10.5. The number of carbonyl (C=O) groups is 1. The van der Waals surface area contributed by atoms with Crippen LogP contribution in [0.25, 0.3) is 0 Å². The molecule has 0 heterocycles. The van der Waals surface area contributed by atoms with Gasteiger partial charge in [-0.25, -0.2) is 0 Å². The minimum Gasteiger partial charge on any atom is -0.434 e. The Morgan fingerprint density at radius 2 is 2.20 bits per heavy atom. The summed E-state index contributed by atoms with van der Waals surface area (Å²) in [6.45, 7) is -1.59. The number of ether oxygens (including phenoxy) is 1. The number of Topliss-reactive ketones (excluding diaryl/α,β-unsaturated/α-hetero) is 1. The van der Waals surface area contributed by atoms with Gasteiger partial charge in [-0.2, -0.15) is 8.78 Å². The zero-order valence-electron chi connectivity index (χ0n) is 8.17. The highest BCUT2D eigenvalue weighted by Gasteiger charge is 2.16. The van der Waals surface area contributed by atoms with Crippen molar-refractivity contribution in [3.05, 3.63) is 29.3 Å². The minimum atomic E-state index is -2.95. The molecule has 0 aliphatic heterocycles. The Labute approximate surface area is 85.8 Å². The first-order valence-corrected chi connectivity index (χ1v) is 4.34. The third kappa shape index (κ3) is 2.73. The second kappa shape index (κ2) is 4.84. The van der Waals surface area contributed by atoms with E-state index in [1.807, 2.05) is 0 Å². The Bertz CT molecular complexity index is 366. The van der Waals surface area contributed by atoms with Crippen LogP contribution in [0.15, 0.2) is 18.2 Å². The van der Waals surface area contributed by atoms with Crippen LogP contribution in [0, 0.1) is 6.92 Å². The molecular formula is C10H11F2NO2. The van der Waals surface area contributed by atoms with Crippen LogP contribution in [0.4, 0.5) is 8.78 Å². The largest absolute Gasteiger partial charge is 0.434 e. The maximum atomic E-state index is 12.1. The molecule has 15 heavy (non-hydrogen) atoms. The average molecular weight is 215 g/mol. The van der Waals surface area contributed by atoms with Crippen LogP contribution in [0.3, 0.4) is 0 Å². The van der Waals surface area contributed by atoms with Gasteiger partial charge in [-0.1, -0.05) is 12.1 Å². The van der Waals surface area contributed by atoms with E-state index < -0.39 is 12.4 Å². The molecule has 3 nitrogen and oxygen atoms in total. The lowest BCUT2D eigenvalue weighted by molar-refractivity contribution is -0.0505. The molecule has 0 aromatic heterocycles. The van der Waals surface area contributed by atoms with E-state index in [0.717, 1.165) is 0 Å². The molecule has 0 aliphatic carbocycles. The SMILES string of the molecule is Cc1cccc(C(=O)CN)c1OC(F)F. The molecule has 0 saturated carbocycles. The van der Waals surface area contributed by atoms with E-state index in [1.54, 1.807) is 19.1 Å². The van der Waals surface area contributed by atoms with Gasteiger partial charge in [0.05, 0.1) is 12.1 Å². The van der Waals surface area contributed by atoms with Crippen LogP contribution in [-0.4, -0.2) is 18.9 Å². The topological polar surface area (TPSA) is 52.3 Å². The lowest BCUT2D eigenvalue weighted by Crippen LogP contribution is -2.16. The van der Waals surface area contributed by atoms with E-state index >= 15 is 0 Å². The molecule has 1 rings (SSSR count). The van der Waals surface area contributed by atoms with Gasteiger partial charge in [0.2, 0.25) is 0 Å². The number of nitrogens with two attached hydrogens (primary N) is 1. The lowest BCUT2D eigenvalue weighted by Gasteiger charge is -2.11. The fourth-order valence-corrected chi connectivity index (χ4v) is 1.23. The summed E-state index contributed by atoms with van der Waals surface area (Å²) in [4.78, 5) is 11.3. The summed E-state index contributed by atoms with van der Waals surface area (Å²) in [6.07, 6.45) is 0. The quantitative estimate of drug-likeness (QED) is 0.778. The first-order chi connectivity index (χ1) is 7.06. The van der Waals surface area contributed by atoms with Crippen molar-refractivity contribution in [3.63, 3.8) is 0 Å². The summed E-state index contributed by atoms with van der Waals surface area (Å²) in [6, 6.07) is 4.60. The zero-order chi connectivity index (χ0) is 11.4. The van der Waals surface area contributed by atoms with Crippen LogP contribution in [-0.2, 0) is 0 Å². The molecule has 1 aromatic rings. The smallest absolute Gasteiger partial charge is 0.387 e. The van der Waals surface area contributed by atoms with Gasteiger partial charge in [0, 0.05) is 0 Å². The molecule has 0 fully saturated rings. The van der Waals surface area contributed by atoms with Gasteiger partial charge in [0.1, 0.15) is 5.75 Å². The molecule has 5 heteroatoms. The number of benzene rings is 1. The second-order valence-electron chi connectivity index (χ2n) is 2.96. The van der Waals surface area contributed by atoms with Gasteiger partial charge >= 0.3 is 6.61 Å². The zero-order valence-corrected chi connectivity index (χ0v) is 8.17. The number of aryl methyl sites for hydroxylation is 1. The van der Waals surface area contributed by atoms with Crippen LogP contribution in [0.1, 0.15) is 15.9 Å². The Morgan fingerprint density at radius 3 is 2.73 bits per heavy atom. The Morgan fingerprint density at radius 1 is 1.53 bits per heavy atom. The Kier molecular flexibility index (Phi) is 3.74. The fraction of sp³-hybridized carbons (Fsp3) is 0.300. The van der Waals surface area contributed by atoms with Crippen molar-refractivity contribution in [2.75, 3.05) is 6.54 Å². The third-order valence-electron chi connectivity index (χ3n) is 1.90. The first-order valence-electron chi connectivity index (χ1n) is 4.34. The number of hydrogen-bond donors (Lipinski definition) is 1. The number of carbonyl (C=O) groups excluding carboxylic acids is 1. The van der Waals surface area contributed by atoms with Gasteiger partial charge in [0.25, 0.3) is 0 Å². The summed E-state index contributed by atoms with van der Waals surface area (Å²) in [5.41, 5.74) is 5.74. The van der Waals surface area contributed by atoms with E-state index in [9.17, 15) is 13.6 Å². The van der Waals surface area contributed by atoms with Crippen molar-refractivity contribution in [3.8, 4) is 5.75 Å². The molecule has 0 aliphatic rings. The number of para-hydroxylation sites is 1. The maximum Gasteiger partial charge on any atom is 0.387 e. The van der Waals surface area contributed by atoms with Gasteiger partial charge in [-0.15, -0.1) is 0 Å². The van der Waals surface area contributed by atoms with Crippen molar-refractivity contribution in [1.82, 2.24) is 0 Å². The molecule has 0 amide bonds. The molecule has 0 bridgehead atoms. The molecule has 82 valence electrons. The number of alkyl halides is 2. The summed E-state index contributed by atoms with van der Waals surface area (Å²) in [5.74, 6) is -0.516. The first kappa shape index (κ1) is 11.6. The van der Waals surface area contributed by atoms with E-state index in [4.69, 9.17) is 5.73 Å². The van der Waals surface area contributed by atoms with Crippen LogP contribution >= 0.6 is 0 Å². The third-order valence-corrected chi connectivity index (χ3v) is 1.90. The highest BCUT2D eigenvalue weighted by molar-refractivity contribution is 6.00. The standard InChI is InChI=1S/C10H11F2NO2/c1-6-3-2-4-7(8(14)5-13)9(6)15-10(11)12/h2-4,10H,5,13H2,1H3. The van der Waals surface area contributed by atoms with Crippen molar-refractivity contribution in [2.45, 2.75) is 13.5 Å². The number of hydrogen-bond acceptors (Lipinski definition) is 3. The van der Waals surface area contributed by atoms with Crippen LogP contribution in [0.5, 0.6) is 5.75 Å². The average Bonchev–Trinajstić information content (AvgIpc) is 2.19. The molecular weight excluding hydrogens is 204 g/mol. The fourth-order valence-electron chi connectivity index (χ4n) is 1.23. The molecule has 0 atom stereocenters. The summed E-state index contributed by atoms with van der Waals surface area (Å²) < 4.78 is 28.5. The Hall–Kier alpha value is -1.49. The second-order valence-corrected chi connectivity index (χ2v) is 2.96. The summed E-state index contributed by atoms with van der Waals surface area (Å²) >= 11 is 0. The van der Waals surface area contributed by atoms with Gasteiger partial charge in [-0.3, -0.25) is 4.79 Å². The maximum absolute atomic E-state index is 12.1. The lowest BCUT2D eigenvalue weighted by atomic mass is 10.1. The summed E-state index contributed by atoms with van der Waals surface area (Å²) in [7, 11) is 0. The van der Waals surface area contributed by atoms with Crippen molar-refractivity contribution in [1.29, 1.82) is 0 Å². The van der Waals surface area contributed by atoms with Crippen molar-refractivity contribution < 1.29 is 18.3 Å². The molecule has 0 unspecified atom stereocenters. The van der Waals surface area contributed by atoms with Crippen molar-refractivity contribution >= 4 is 5.78 Å². The van der Waals surface area contributed by atoms with E-state index in [0.29, 0.717) is 5.56 Å². The minimum absolute atomic E-state index is 0.0945. The van der Waals surface area contributed by atoms with Gasteiger partial charge in [-0.05, 0) is 18.6 Å². The molecule has 0 radical (unpaired) electrons. The monoisotopic (exact) mass is 215 g/mol. The number of ketones is 1. The van der Waals surface area contributed by atoms with Crippen LogP contribution < -0.4 is 10.5 Å². The van der Waals surface area contributed by atoms with E-state index in [1.165, 1.54) is 6.07 Å². The van der Waals surface area contributed by atoms with Crippen molar-refractivity contribution in [2.24, 2.45) is 5.73 Å². The molecule has 0 spiro atoms. The highest BCUT2D eigenvalue weighted by atomic mass is 19.3. The number of rotatable bonds is 4. The predicted molar refractivity (Wildman–Crippen MR) is 51.2 cm³/mol. The van der Waals surface area contributed by atoms with Crippen LogP contribution in [0.2, 0.25) is 0 Å². The van der Waals surface area contributed by atoms with E-state index in [-0.39, 0.29) is 17.9 Å². The summed E-state index contributed by atoms with van der Waals surface area (Å²) in [5, 5.41) is 0. The molecule has 0 saturated heterocycles. The Balaban J connectivity index is 3.14. The van der Waals surface area contributed by atoms with Gasteiger partial charge in [0.15, 0.2) is 5.78 Å². The predicted octanol–water partition coefficient (Wildman–Crippen LogP) is 1.74. The van der Waals surface area contributed by atoms with Gasteiger partial charge < -0.3 is 10.5 Å². The highest BCUT2D eigenvalue weighted by Crippen LogP contribution is 2.25. The molecule has 2 N–H and O–H groups in total. The van der Waals surface area contributed by atoms with E-state index in [2.05, 4.69) is 4.74 Å². The molecule has 1 aromatic carbocycles.